The van der Waals surface area contributed by atoms with E-state index in [1.54, 1.807) is 25.1 Å². The Hall–Kier alpha value is -1.82. The number of rotatable bonds is 2. The molecule has 1 aromatic carbocycles. The summed E-state index contributed by atoms with van der Waals surface area (Å²) >= 11 is 3.28. The third-order valence-electron chi connectivity index (χ3n) is 2.50. The topological polar surface area (TPSA) is 74.3 Å². The molecule has 18 heavy (non-hydrogen) atoms. The van der Waals surface area contributed by atoms with Crippen molar-refractivity contribution in [3.05, 3.63) is 44.7 Å². The van der Waals surface area contributed by atoms with Gasteiger partial charge in [0.2, 0.25) is 0 Å². The van der Waals surface area contributed by atoms with E-state index in [4.69, 9.17) is 10.6 Å². The molecule has 0 aliphatic carbocycles. The zero-order chi connectivity index (χ0) is 13.3. The smallest absolute Gasteiger partial charge is 0.357 e. The van der Waals surface area contributed by atoms with Crippen molar-refractivity contribution >= 4 is 32.8 Å². The maximum absolute atomic E-state index is 11.9. The molecule has 2 rings (SSSR count). The SMILES string of the molecule is CCOC(=O)c1cc(=O)c2cc(Br)ccc2n1N. The molecule has 1 heterocycles. The van der Waals surface area contributed by atoms with Gasteiger partial charge in [-0.1, -0.05) is 15.9 Å². The molecule has 2 aromatic rings. The fourth-order valence-corrected chi connectivity index (χ4v) is 2.04. The molecule has 0 saturated heterocycles. The van der Waals surface area contributed by atoms with Gasteiger partial charge in [-0.25, -0.2) is 4.79 Å². The summed E-state index contributed by atoms with van der Waals surface area (Å²) < 4.78 is 6.79. The predicted octanol–water partition coefficient (Wildman–Crippen LogP) is 1.65. The van der Waals surface area contributed by atoms with E-state index in [0.717, 1.165) is 4.47 Å². The second-order valence-electron chi connectivity index (χ2n) is 3.65. The highest BCUT2D eigenvalue weighted by atomic mass is 79.9. The largest absolute Gasteiger partial charge is 0.461 e. The van der Waals surface area contributed by atoms with Gasteiger partial charge in [-0.15, -0.1) is 0 Å². The van der Waals surface area contributed by atoms with Crippen molar-refractivity contribution in [2.75, 3.05) is 12.4 Å². The molecule has 0 aliphatic heterocycles. The third-order valence-corrected chi connectivity index (χ3v) is 2.99. The Morgan fingerprint density at radius 1 is 1.44 bits per heavy atom. The van der Waals surface area contributed by atoms with E-state index in [0.29, 0.717) is 10.9 Å². The first-order chi connectivity index (χ1) is 8.54. The highest BCUT2D eigenvalue weighted by molar-refractivity contribution is 9.10. The molecule has 1 aromatic heterocycles. The Kier molecular flexibility index (Phi) is 3.38. The number of ether oxygens (including phenoxy) is 1. The summed E-state index contributed by atoms with van der Waals surface area (Å²) in [5, 5.41) is 0.444. The van der Waals surface area contributed by atoms with Crippen LogP contribution >= 0.6 is 15.9 Å². The van der Waals surface area contributed by atoms with E-state index in [2.05, 4.69) is 15.9 Å². The van der Waals surface area contributed by atoms with Crippen molar-refractivity contribution < 1.29 is 9.53 Å². The molecule has 5 nitrogen and oxygen atoms in total. The Labute approximate surface area is 111 Å². The van der Waals surface area contributed by atoms with Gasteiger partial charge in [0.05, 0.1) is 12.1 Å². The molecule has 0 bridgehead atoms. The van der Waals surface area contributed by atoms with Crippen LogP contribution in [0.2, 0.25) is 0 Å². The Balaban J connectivity index is 2.73. The molecule has 0 atom stereocenters. The average molecular weight is 311 g/mol. The monoisotopic (exact) mass is 310 g/mol. The van der Waals surface area contributed by atoms with E-state index in [1.165, 1.54) is 10.7 Å². The lowest BCUT2D eigenvalue weighted by molar-refractivity contribution is 0.0516. The van der Waals surface area contributed by atoms with Crippen molar-refractivity contribution in [3.8, 4) is 0 Å². The predicted molar refractivity (Wildman–Crippen MR) is 72.0 cm³/mol. The first-order valence-corrected chi connectivity index (χ1v) is 6.11. The third kappa shape index (κ3) is 2.11. The van der Waals surface area contributed by atoms with Gasteiger partial charge in [0.25, 0.3) is 0 Å². The van der Waals surface area contributed by atoms with E-state index in [1.807, 2.05) is 0 Å². The Bertz CT molecular complexity index is 679. The Morgan fingerprint density at radius 3 is 2.83 bits per heavy atom. The van der Waals surface area contributed by atoms with E-state index in [9.17, 15) is 9.59 Å². The first-order valence-electron chi connectivity index (χ1n) is 5.32. The number of hydrogen-bond donors (Lipinski definition) is 1. The lowest BCUT2D eigenvalue weighted by Gasteiger charge is -2.10. The van der Waals surface area contributed by atoms with Crippen LogP contribution in [0.3, 0.4) is 0 Å². The molecular weight excluding hydrogens is 300 g/mol. The minimum absolute atomic E-state index is 0.0386. The van der Waals surface area contributed by atoms with Gasteiger partial charge in [-0.2, -0.15) is 0 Å². The zero-order valence-electron chi connectivity index (χ0n) is 9.64. The van der Waals surface area contributed by atoms with Gasteiger partial charge in [-0.05, 0) is 25.1 Å². The molecule has 6 heteroatoms. The van der Waals surface area contributed by atoms with Crippen LogP contribution in [0.15, 0.2) is 33.5 Å². The first kappa shape index (κ1) is 12.6. The molecule has 94 valence electrons. The number of halogens is 1. The summed E-state index contributed by atoms with van der Waals surface area (Å²) in [5.41, 5.74) is 0.251. The summed E-state index contributed by atoms with van der Waals surface area (Å²) in [5.74, 6) is 5.22. The summed E-state index contributed by atoms with van der Waals surface area (Å²) in [6.45, 7) is 1.92. The lowest BCUT2D eigenvalue weighted by Crippen LogP contribution is -2.24. The molecule has 0 amide bonds. The van der Waals surface area contributed by atoms with Gasteiger partial charge in [0.1, 0.15) is 0 Å². The number of aromatic nitrogens is 1. The highest BCUT2D eigenvalue weighted by Crippen LogP contribution is 2.17. The number of carbonyl (C=O) groups is 1. The van der Waals surface area contributed by atoms with Crippen molar-refractivity contribution in [3.63, 3.8) is 0 Å². The molecular formula is C12H11BrN2O3. The number of benzene rings is 1. The van der Waals surface area contributed by atoms with Gasteiger partial charge < -0.3 is 10.6 Å². The molecule has 0 fully saturated rings. The Morgan fingerprint density at radius 2 is 2.17 bits per heavy atom. The van der Waals surface area contributed by atoms with Gasteiger partial charge >= 0.3 is 5.97 Å². The van der Waals surface area contributed by atoms with Crippen molar-refractivity contribution in [2.24, 2.45) is 0 Å². The van der Waals surface area contributed by atoms with Crippen LogP contribution < -0.4 is 11.3 Å². The zero-order valence-corrected chi connectivity index (χ0v) is 11.2. The summed E-state index contributed by atoms with van der Waals surface area (Å²) in [7, 11) is 0. The van der Waals surface area contributed by atoms with E-state index >= 15 is 0 Å². The highest BCUT2D eigenvalue weighted by Gasteiger charge is 2.14. The number of esters is 1. The van der Waals surface area contributed by atoms with Gasteiger partial charge in [0.15, 0.2) is 11.1 Å². The normalized spacial score (nSPS) is 10.6. The molecule has 0 radical (unpaired) electrons. The second-order valence-corrected chi connectivity index (χ2v) is 4.56. The maximum atomic E-state index is 11.9. The number of nitrogens with two attached hydrogens (primary N) is 1. The average Bonchev–Trinajstić information content (AvgIpc) is 2.34. The van der Waals surface area contributed by atoms with Crippen LogP contribution in [0.1, 0.15) is 17.4 Å². The molecule has 0 spiro atoms. The fourth-order valence-electron chi connectivity index (χ4n) is 1.68. The van der Waals surface area contributed by atoms with Crippen molar-refractivity contribution in [2.45, 2.75) is 6.92 Å². The molecule has 0 aliphatic rings. The number of pyridine rings is 1. The van der Waals surface area contributed by atoms with E-state index < -0.39 is 5.97 Å². The molecule has 0 unspecified atom stereocenters. The lowest BCUT2D eigenvalue weighted by atomic mass is 10.2. The van der Waals surface area contributed by atoms with Crippen molar-refractivity contribution in [1.29, 1.82) is 0 Å². The quantitative estimate of drug-likeness (QED) is 0.676. The second kappa shape index (κ2) is 4.81. The van der Waals surface area contributed by atoms with Crippen LogP contribution in [-0.4, -0.2) is 17.3 Å². The minimum atomic E-state index is -0.609. The van der Waals surface area contributed by atoms with Gasteiger partial charge in [-0.3, -0.25) is 9.47 Å². The number of carbonyl (C=O) groups excluding carboxylic acids is 1. The summed E-state index contributed by atoms with van der Waals surface area (Å²) in [4.78, 5) is 23.6. The van der Waals surface area contributed by atoms with Crippen LogP contribution in [0.25, 0.3) is 10.9 Å². The fraction of sp³-hybridized carbons (Fsp3) is 0.167. The van der Waals surface area contributed by atoms with Crippen LogP contribution in [0, 0.1) is 0 Å². The maximum Gasteiger partial charge on any atom is 0.357 e. The molecule has 2 N–H and O–H groups in total. The number of hydrogen-bond acceptors (Lipinski definition) is 4. The van der Waals surface area contributed by atoms with Gasteiger partial charge in [0, 0.05) is 15.9 Å². The number of nitrogens with zero attached hydrogens (tertiary/aromatic N) is 1. The number of nitrogen functional groups attached to an aromatic ring is 1. The van der Waals surface area contributed by atoms with Crippen LogP contribution in [0.4, 0.5) is 0 Å². The van der Waals surface area contributed by atoms with Crippen LogP contribution in [0.5, 0.6) is 0 Å². The van der Waals surface area contributed by atoms with Crippen LogP contribution in [-0.2, 0) is 4.74 Å². The number of fused-ring (bicyclic) bond motifs is 1. The van der Waals surface area contributed by atoms with Crippen molar-refractivity contribution in [1.82, 2.24) is 4.68 Å². The van der Waals surface area contributed by atoms with E-state index in [-0.39, 0.29) is 17.7 Å². The summed E-state index contributed by atoms with van der Waals surface area (Å²) in [6.07, 6.45) is 0. The minimum Gasteiger partial charge on any atom is -0.461 e. The molecule has 0 saturated carbocycles. The summed E-state index contributed by atoms with van der Waals surface area (Å²) in [6, 6.07) is 6.27. The standard InChI is InChI=1S/C12H11BrN2O3/c1-2-18-12(17)10-6-11(16)8-5-7(13)3-4-9(8)15(10)14/h3-6H,2,14H2,1H3.